The predicted octanol–water partition coefficient (Wildman–Crippen LogP) is 3.67. The molecule has 10 nitrogen and oxygen atoms in total. The van der Waals surface area contributed by atoms with Crippen LogP contribution in [0.25, 0.3) is 17.1 Å². The molecule has 2 heterocycles. The number of hydrazone groups is 1. The Bertz CT molecular complexity index is 1370. The number of rotatable bonds is 10. The number of amides is 1. The predicted molar refractivity (Wildman–Crippen MR) is 136 cm³/mol. The Kier molecular flexibility index (Phi) is 8.04. The Balaban J connectivity index is 1.50. The number of aromatic nitrogens is 4. The number of carboxylic acid groups (broad SMARTS) is 1. The highest BCUT2D eigenvalue weighted by atomic mass is 32.2. The molecule has 36 heavy (non-hydrogen) atoms. The first-order valence-corrected chi connectivity index (χ1v) is 11.9. The third kappa shape index (κ3) is 5.94. The van der Waals surface area contributed by atoms with Crippen molar-refractivity contribution in [2.45, 2.75) is 12.1 Å². The molecule has 0 bridgehead atoms. The minimum absolute atomic E-state index is 0.0140. The van der Waals surface area contributed by atoms with Crippen molar-refractivity contribution in [3.05, 3.63) is 84.2 Å². The molecule has 0 saturated heterocycles. The van der Waals surface area contributed by atoms with Gasteiger partial charge in [-0.25, -0.2) is 10.2 Å². The van der Waals surface area contributed by atoms with Crippen molar-refractivity contribution in [1.29, 1.82) is 0 Å². The molecule has 2 aromatic carbocycles. The summed E-state index contributed by atoms with van der Waals surface area (Å²) in [5.74, 6) is -0.114. The van der Waals surface area contributed by atoms with Gasteiger partial charge in [0.25, 0.3) is 5.91 Å². The van der Waals surface area contributed by atoms with Crippen LogP contribution in [0.2, 0.25) is 0 Å². The number of carboxylic acids is 1. The largest absolute Gasteiger partial charge is 0.494 e. The van der Waals surface area contributed by atoms with Gasteiger partial charge in [-0.3, -0.25) is 14.3 Å². The maximum absolute atomic E-state index is 12.4. The van der Waals surface area contributed by atoms with E-state index < -0.39 is 5.97 Å². The van der Waals surface area contributed by atoms with Crippen molar-refractivity contribution in [3.63, 3.8) is 0 Å². The number of hydrogen-bond acceptors (Lipinski definition) is 8. The van der Waals surface area contributed by atoms with Crippen molar-refractivity contribution >= 4 is 29.9 Å². The average molecular weight is 503 g/mol. The van der Waals surface area contributed by atoms with E-state index in [-0.39, 0.29) is 17.2 Å². The first-order valence-electron chi connectivity index (χ1n) is 10.9. The van der Waals surface area contributed by atoms with Crippen LogP contribution in [0.5, 0.6) is 5.75 Å². The number of ether oxygens (including phenoxy) is 1. The number of aromatic carboxylic acids is 1. The van der Waals surface area contributed by atoms with Crippen LogP contribution < -0.4 is 10.2 Å². The summed E-state index contributed by atoms with van der Waals surface area (Å²) in [4.78, 5) is 27.9. The van der Waals surface area contributed by atoms with Crippen molar-refractivity contribution in [1.82, 2.24) is 25.2 Å². The second kappa shape index (κ2) is 11.8. The van der Waals surface area contributed by atoms with Gasteiger partial charge in [0.15, 0.2) is 11.0 Å². The lowest BCUT2D eigenvalue weighted by Gasteiger charge is -2.11. The van der Waals surface area contributed by atoms with Crippen molar-refractivity contribution < 1.29 is 19.4 Å². The van der Waals surface area contributed by atoms with E-state index in [1.54, 1.807) is 30.6 Å². The molecular weight excluding hydrogens is 480 g/mol. The summed E-state index contributed by atoms with van der Waals surface area (Å²) in [5, 5.41) is 22.3. The van der Waals surface area contributed by atoms with Gasteiger partial charge < -0.3 is 9.84 Å². The molecule has 182 valence electrons. The molecule has 0 saturated carbocycles. The van der Waals surface area contributed by atoms with Gasteiger partial charge in [-0.1, -0.05) is 30.0 Å². The van der Waals surface area contributed by atoms with Crippen molar-refractivity contribution in [2.75, 3.05) is 12.4 Å². The minimum Gasteiger partial charge on any atom is -0.494 e. The topological polar surface area (TPSA) is 132 Å². The summed E-state index contributed by atoms with van der Waals surface area (Å²) in [6.45, 7) is 2.48. The average Bonchev–Trinajstić information content (AvgIpc) is 3.33. The van der Waals surface area contributed by atoms with Gasteiger partial charge in [-0.2, -0.15) is 5.10 Å². The molecule has 4 rings (SSSR count). The van der Waals surface area contributed by atoms with E-state index >= 15 is 0 Å². The van der Waals surface area contributed by atoms with E-state index in [1.807, 2.05) is 47.9 Å². The maximum Gasteiger partial charge on any atom is 0.336 e. The number of thioether (sulfide) groups is 1. The lowest BCUT2D eigenvalue weighted by atomic mass is 10.1. The molecule has 0 fully saturated rings. The monoisotopic (exact) mass is 502 g/mol. The highest BCUT2D eigenvalue weighted by Crippen LogP contribution is 2.28. The lowest BCUT2D eigenvalue weighted by Crippen LogP contribution is -2.20. The first-order chi connectivity index (χ1) is 17.6. The molecule has 0 unspecified atom stereocenters. The Hall–Kier alpha value is -4.51. The smallest absolute Gasteiger partial charge is 0.336 e. The van der Waals surface area contributed by atoms with E-state index in [0.29, 0.717) is 23.2 Å². The fourth-order valence-corrected chi connectivity index (χ4v) is 4.02. The Morgan fingerprint density at radius 3 is 2.64 bits per heavy atom. The third-order valence-corrected chi connectivity index (χ3v) is 5.80. The van der Waals surface area contributed by atoms with E-state index in [1.165, 1.54) is 24.0 Å². The molecule has 0 aliphatic heterocycles. The number of pyridine rings is 1. The number of benzene rings is 2. The first kappa shape index (κ1) is 24.6. The van der Waals surface area contributed by atoms with Gasteiger partial charge >= 0.3 is 5.97 Å². The van der Waals surface area contributed by atoms with Crippen molar-refractivity contribution in [2.24, 2.45) is 5.10 Å². The number of carbonyl (C=O) groups is 2. The molecule has 1 amide bonds. The molecular formula is C25H22N6O4S. The fourth-order valence-electron chi connectivity index (χ4n) is 3.28. The molecule has 11 heteroatoms. The van der Waals surface area contributed by atoms with Gasteiger partial charge in [0.2, 0.25) is 0 Å². The third-order valence-electron chi connectivity index (χ3n) is 4.88. The molecule has 2 aromatic heterocycles. The second-order valence-corrected chi connectivity index (χ2v) is 8.23. The van der Waals surface area contributed by atoms with Crippen LogP contribution in [-0.4, -0.2) is 55.3 Å². The van der Waals surface area contributed by atoms with Crippen LogP contribution in [0.3, 0.4) is 0 Å². The van der Waals surface area contributed by atoms with E-state index in [9.17, 15) is 14.7 Å². The summed E-state index contributed by atoms with van der Waals surface area (Å²) in [7, 11) is 0. The zero-order chi connectivity index (χ0) is 25.3. The maximum atomic E-state index is 12.4. The molecule has 0 radical (unpaired) electrons. The van der Waals surface area contributed by atoms with Crippen molar-refractivity contribution in [3.8, 4) is 22.8 Å². The lowest BCUT2D eigenvalue weighted by molar-refractivity contribution is -0.118. The Morgan fingerprint density at radius 2 is 1.92 bits per heavy atom. The zero-order valence-electron chi connectivity index (χ0n) is 19.2. The van der Waals surface area contributed by atoms with Crippen LogP contribution in [0, 0.1) is 0 Å². The summed E-state index contributed by atoms with van der Waals surface area (Å²) >= 11 is 1.19. The Morgan fingerprint density at radius 1 is 1.11 bits per heavy atom. The number of nitrogens with zero attached hydrogens (tertiary/aromatic N) is 5. The molecule has 4 aromatic rings. The van der Waals surface area contributed by atoms with Gasteiger partial charge in [-0.15, -0.1) is 10.2 Å². The number of carbonyl (C=O) groups excluding carboxylic acids is 1. The highest BCUT2D eigenvalue weighted by molar-refractivity contribution is 7.99. The fraction of sp³-hybridized carbons (Fsp3) is 0.120. The summed E-state index contributed by atoms with van der Waals surface area (Å²) in [6, 6.07) is 17.6. The summed E-state index contributed by atoms with van der Waals surface area (Å²) < 4.78 is 7.38. The van der Waals surface area contributed by atoms with Gasteiger partial charge in [-0.05, 0) is 49.4 Å². The molecule has 0 aliphatic rings. The van der Waals surface area contributed by atoms with E-state index in [2.05, 4.69) is 25.7 Å². The zero-order valence-corrected chi connectivity index (χ0v) is 20.1. The van der Waals surface area contributed by atoms with Crippen LogP contribution in [0.15, 0.2) is 83.3 Å². The summed E-state index contributed by atoms with van der Waals surface area (Å²) in [5.41, 5.74) is 4.47. The molecule has 0 atom stereocenters. The second-order valence-electron chi connectivity index (χ2n) is 7.28. The van der Waals surface area contributed by atoms with Gasteiger partial charge in [0, 0.05) is 29.2 Å². The summed E-state index contributed by atoms with van der Waals surface area (Å²) in [6.07, 6.45) is 4.67. The SMILES string of the molecule is CCOc1ccc(-n2c(SCC(=O)N/N=C/c3ccccc3C(=O)O)nnc2-c2cccnc2)cc1. The van der Waals surface area contributed by atoms with Crippen LogP contribution in [0.1, 0.15) is 22.8 Å². The minimum atomic E-state index is -1.07. The molecule has 2 N–H and O–H groups in total. The number of nitrogens with one attached hydrogen (secondary N) is 1. The van der Waals surface area contributed by atoms with Crippen LogP contribution >= 0.6 is 11.8 Å². The molecule has 0 aliphatic carbocycles. The van der Waals surface area contributed by atoms with Crippen LogP contribution in [-0.2, 0) is 4.79 Å². The quantitative estimate of drug-likeness (QED) is 0.191. The standard InChI is InChI=1S/C25H22N6O4S/c1-2-35-20-11-9-19(10-12-20)31-23(18-7-5-13-26-14-18)29-30-25(31)36-16-22(32)28-27-15-17-6-3-4-8-21(17)24(33)34/h3-15H,2,16H2,1H3,(H,28,32)(H,33,34)/b27-15+. The Labute approximate surface area is 211 Å². The van der Waals surface area contributed by atoms with E-state index in [4.69, 9.17) is 4.74 Å². The van der Waals surface area contributed by atoms with E-state index in [0.717, 1.165) is 17.0 Å². The number of hydrogen-bond donors (Lipinski definition) is 2. The normalized spacial score (nSPS) is 10.9. The van der Waals surface area contributed by atoms with Gasteiger partial charge in [0.1, 0.15) is 5.75 Å². The molecule has 0 spiro atoms. The highest BCUT2D eigenvalue weighted by Gasteiger charge is 2.17. The van der Waals surface area contributed by atoms with Gasteiger partial charge in [0.05, 0.1) is 24.1 Å². The van der Waals surface area contributed by atoms with Crippen LogP contribution in [0.4, 0.5) is 0 Å².